The first kappa shape index (κ1) is 10.5. The molecule has 0 N–H and O–H groups in total. The molecule has 1 fully saturated rings. The van der Waals surface area contributed by atoms with Crippen LogP contribution in [-0.2, 0) is 9.47 Å². The molecule has 0 radical (unpaired) electrons. The number of nitrogens with zero attached hydrogens (tertiary/aromatic N) is 1. The van der Waals surface area contributed by atoms with Gasteiger partial charge in [0.25, 0.3) is 5.56 Å². The lowest BCUT2D eigenvalue weighted by molar-refractivity contribution is -0.123. The number of rotatable bonds is 1. The minimum atomic E-state index is -0.305. The van der Waals surface area contributed by atoms with E-state index < -0.39 is 0 Å². The number of benzene rings is 1. The number of fused-ring (bicyclic) bond motifs is 1. The third-order valence-corrected chi connectivity index (χ3v) is 2.95. The lowest BCUT2D eigenvalue weighted by Gasteiger charge is -2.24. The second kappa shape index (κ2) is 4.31. The summed E-state index contributed by atoms with van der Waals surface area (Å²) in [5, 5.41) is 1.66. The van der Waals surface area contributed by atoms with Gasteiger partial charge in [-0.15, -0.1) is 0 Å². The van der Waals surface area contributed by atoms with Gasteiger partial charge in [0.05, 0.1) is 19.8 Å². The normalized spacial score (nSPS) is 20.6. The van der Waals surface area contributed by atoms with Crippen LogP contribution in [0.3, 0.4) is 0 Å². The largest absolute Gasteiger partial charge is 0.374 e. The van der Waals surface area contributed by atoms with Crippen LogP contribution in [0, 0.1) is 0 Å². The van der Waals surface area contributed by atoms with E-state index in [0.29, 0.717) is 25.2 Å². The van der Waals surface area contributed by atoms with Gasteiger partial charge in [0, 0.05) is 11.6 Å². The Morgan fingerprint density at radius 1 is 1.18 bits per heavy atom. The van der Waals surface area contributed by atoms with E-state index in [-0.39, 0.29) is 11.8 Å². The first-order chi connectivity index (χ1) is 8.36. The molecule has 1 atom stereocenters. The smallest absolute Gasteiger partial charge is 0.260 e. The zero-order valence-corrected chi connectivity index (χ0v) is 9.33. The van der Waals surface area contributed by atoms with Crippen LogP contribution in [0.5, 0.6) is 0 Å². The zero-order valence-electron chi connectivity index (χ0n) is 9.33. The molecule has 1 aliphatic rings. The first-order valence-electron chi connectivity index (χ1n) is 5.65. The highest BCUT2D eigenvalue weighted by Crippen LogP contribution is 2.14. The van der Waals surface area contributed by atoms with Gasteiger partial charge in [-0.2, -0.15) is 0 Å². The second-order valence-electron chi connectivity index (χ2n) is 4.02. The highest BCUT2D eigenvalue weighted by molar-refractivity contribution is 5.81. The average molecular weight is 231 g/mol. The number of pyridine rings is 1. The molecule has 0 aliphatic carbocycles. The number of hydrogen-bond donors (Lipinski definition) is 0. The minimum Gasteiger partial charge on any atom is -0.374 e. The van der Waals surface area contributed by atoms with Crippen LogP contribution in [0.25, 0.3) is 10.8 Å². The SMILES string of the molecule is O=c1c2ccccc2ccn1C1COCCO1. The minimum absolute atomic E-state index is 0.0291. The fourth-order valence-electron chi connectivity index (χ4n) is 2.07. The summed E-state index contributed by atoms with van der Waals surface area (Å²) in [5.41, 5.74) is -0.0291. The van der Waals surface area contributed by atoms with Crippen LogP contribution in [0.2, 0.25) is 0 Å². The van der Waals surface area contributed by atoms with Crippen LogP contribution in [0.1, 0.15) is 6.23 Å². The van der Waals surface area contributed by atoms with Gasteiger partial charge in [0.1, 0.15) is 0 Å². The monoisotopic (exact) mass is 231 g/mol. The highest BCUT2D eigenvalue weighted by atomic mass is 16.6. The maximum Gasteiger partial charge on any atom is 0.260 e. The molecule has 1 unspecified atom stereocenters. The van der Waals surface area contributed by atoms with Gasteiger partial charge in [-0.3, -0.25) is 9.36 Å². The number of hydrogen-bond acceptors (Lipinski definition) is 3. The summed E-state index contributed by atoms with van der Waals surface area (Å²) < 4.78 is 12.4. The predicted octanol–water partition coefficient (Wildman–Crippen LogP) is 1.55. The number of ether oxygens (including phenoxy) is 2. The molecule has 2 aromatic rings. The van der Waals surface area contributed by atoms with E-state index in [1.54, 1.807) is 10.8 Å². The molecule has 0 spiro atoms. The summed E-state index contributed by atoms with van der Waals surface area (Å²) in [5.74, 6) is 0. The van der Waals surface area contributed by atoms with Crippen molar-refractivity contribution in [1.82, 2.24) is 4.57 Å². The van der Waals surface area contributed by atoms with Crippen LogP contribution >= 0.6 is 0 Å². The van der Waals surface area contributed by atoms with Crippen molar-refractivity contribution in [3.63, 3.8) is 0 Å². The Kier molecular flexibility index (Phi) is 2.66. The van der Waals surface area contributed by atoms with E-state index in [4.69, 9.17) is 9.47 Å². The Labute approximate surface area is 98.4 Å². The van der Waals surface area contributed by atoms with E-state index in [1.165, 1.54) is 0 Å². The van der Waals surface area contributed by atoms with Crippen molar-refractivity contribution in [3.8, 4) is 0 Å². The van der Waals surface area contributed by atoms with E-state index in [0.717, 1.165) is 5.39 Å². The molecular weight excluding hydrogens is 218 g/mol. The quantitative estimate of drug-likeness (QED) is 0.747. The van der Waals surface area contributed by atoms with Crippen molar-refractivity contribution in [3.05, 3.63) is 46.9 Å². The first-order valence-corrected chi connectivity index (χ1v) is 5.65. The Hall–Kier alpha value is -1.65. The maximum absolute atomic E-state index is 12.3. The topological polar surface area (TPSA) is 40.5 Å². The van der Waals surface area contributed by atoms with Crippen molar-refractivity contribution in [2.45, 2.75) is 6.23 Å². The van der Waals surface area contributed by atoms with Crippen LogP contribution < -0.4 is 5.56 Å². The van der Waals surface area contributed by atoms with Crippen molar-refractivity contribution < 1.29 is 9.47 Å². The van der Waals surface area contributed by atoms with Gasteiger partial charge in [-0.1, -0.05) is 18.2 Å². The summed E-state index contributed by atoms with van der Waals surface area (Å²) in [6, 6.07) is 9.48. The van der Waals surface area contributed by atoms with Crippen molar-refractivity contribution in [2.24, 2.45) is 0 Å². The van der Waals surface area contributed by atoms with Gasteiger partial charge in [-0.05, 0) is 17.5 Å². The zero-order chi connectivity index (χ0) is 11.7. The lowest BCUT2D eigenvalue weighted by atomic mass is 10.2. The van der Waals surface area contributed by atoms with Gasteiger partial charge in [0.2, 0.25) is 0 Å². The molecule has 2 heterocycles. The van der Waals surface area contributed by atoms with E-state index in [9.17, 15) is 4.79 Å². The fourth-order valence-corrected chi connectivity index (χ4v) is 2.07. The molecule has 1 aromatic heterocycles. The van der Waals surface area contributed by atoms with Gasteiger partial charge in [-0.25, -0.2) is 0 Å². The standard InChI is InChI=1S/C13H13NO3/c15-13-11-4-2-1-3-10(11)5-6-14(13)12-9-16-7-8-17-12/h1-6,12H,7-9H2. The second-order valence-corrected chi connectivity index (χ2v) is 4.02. The summed E-state index contributed by atoms with van der Waals surface area (Å²) in [4.78, 5) is 12.3. The van der Waals surface area contributed by atoms with Gasteiger partial charge < -0.3 is 9.47 Å². The molecule has 0 amide bonds. The van der Waals surface area contributed by atoms with E-state index in [2.05, 4.69) is 0 Å². The summed E-state index contributed by atoms with van der Waals surface area (Å²) in [6.07, 6.45) is 1.46. The third kappa shape index (κ3) is 1.85. The molecule has 3 rings (SSSR count). The molecule has 0 bridgehead atoms. The molecule has 4 nitrogen and oxygen atoms in total. The lowest BCUT2D eigenvalue weighted by Crippen LogP contribution is -2.33. The van der Waals surface area contributed by atoms with Crippen molar-refractivity contribution >= 4 is 10.8 Å². The molecule has 1 aliphatic heterocycles. The molecular formula is C13H13NO3. The van der Waals surface area contributed by atoms with Crippen LogP contribution in [0.15, 0.2) is 41.3 Å². The molecule has 17 heavy (non-hydrogen) atoms. The van der Waals surface area contributed by atoms with Crippen LogP contribution in [-0.4, -0.2) is 24.4 Å². The van der Waals surface area contributed by atoms with E-state index in [1.807, 2.05) is 30.3 Å². The van der Waals surface area contributed by atoms with E-state index >= 15 is 0 Å². The Balaban J connectivity index is 2.11. The summed E-state index contributed by atoms with van der Waals surface area (Å²) in [7, 11) is 0. The average Bonchev–Trinajstić information content (AvgIpc) is 2.40. The Morgan fingerprint density at radius 2 is 2.06 bits per heavy atom. The third-order valence-electron chi connectivity index (χ3n) is 2.95. The highest BCUT2D eigenvalue weighted by Gasteiger charge is 2.17. The van der Waals surface area contributed by atoms with Crippen LogP contribution in [0.4, 0.5) is 0 Å². The summed E-state index contributed by atoms with van der Waals surface area (Å²) in [6.45, 7) is 1.56. The van der Waals surface area contributed by atoms with Crippen molar-refractivity contribution in [2.75, 3.05) is 19.8 Å². The number of aromatic nitrogens is 1. The van der Waals surface area contributed by atoms with Crippen molar-refractivity contribution in [1.29, 1.82) is 0 Å². The molecule has 88 valence electrons. The molecule has 1 saturated heterocycles. The van der Waals surface area contributed by atoms with Gasteiger partial charge in [0.15, 0.2) is 6.23 Å². The maximum atomic E-state index is 12.3. The molecule has 4 heteroatoms. The fraction of sp³-hybridized carbons (Fsp3) is 0.308. The molecule has 1 aromatic carbocycles. The summed E-state index contributed by atoms with van der Waals surface area (Å²) >= 11 is 0. The Bertz CT molecular complexity index is 584. The van der Waals surface area contributed by atoms with Gasteiger partial charge >= 0.3 is 0 Å². The Morgan fingerprint density at radius 3 is 2.88 bits per heavy atom. The molecule has 0 saturated carbocycles. The predicted molar refractivity (Wildman–Crippen MR) is 64.0 cm³/mol.